The highest BCUT2D eigenvalue weighted by Gasteiger charge is 2.19. The van der Waals surface area contributed by atoms with Crippen molar-refractivity contribution in [3.05, 3.63) is 81.8 Å². The minimum absolute atomic E-state index is 0.204. The summed E-state index contributed by atoms with van der Waals surface area (Å²) in [5, 5.41) is 13.1. The molecule has 0 atom stereocenters. The second kappa shape index (κ2) is 7.41. The lowest BCUT2D eigenvalue weighted by Gasteiger charge is -2.12. The van der Waals surface area contributed by atoms with Gasteiger partial charge in [0.1, 0.15) is 0 Å². The van der Waals surface area contributed by atoms with Crippen LogP contribution in [0.4, 0.5) is 5.69 Å². The first-order valence-electron chi connectivity index (χ1n) is 10.0. The fourth-order valence-electron chi connectivity index (χ4n) is 4.11. The third kappa shape index (κ3) is 2.95. The van der Waals surface area contributed by atoms with Crippen molar-refractivity contribution in [1.82, 2.24) is 25.0 Å². The van der Waals surface area contributed by atoms with Gasteiger partial charge in [0.05, 0.1) is 35.1 Å². The minimum atomic E-state index is -0.261. The quantitative estimate of drug-likeness (QED) is 0.430. The summed E-state index contributed by atoms with van der Waals surface area (Å²) in [5.41, 5.74) is 11.8. The lowest BCUT2D eigenvalue weighted by molar-refractivity contribution is 0.776. The SMILES string of the molecule is [C-]#[N+]c1c(-c2c(-c3ccc4c(=O)[nH]nc(CN)c4c3)cnn2C)ccc2ncc(C)cc12. The number of aryl methyl sites for hydroxylation is 2. The van der Waals surface area contributed by atoms with Crippen LogP contribution in [0, 0.1) is 13.5 Å². The summed E-state index contributed by atoms with van der Waals surface area (Å²) in [6.07, 6.45) is 3.57. The Labute approximate surface area is 183 Å². The topological polar surface area (TPSA) is 107 Å². The molecule has 0 unspecified atom stereocenters. The van der Waals surface area contributed by atoms with Gasteiger partial charge in [-0.1, -0.05) is 18.2 Å². The van der Waals surface area contributed by atoms with Gasteiger partial charge in [-0.2, -0.15) is 10.2 Å². The standard InChI is InChI=1S/C24H19N7O/c1-13-8-18-20(27-11-13)7-6-16(22(18)26-2)23-19(12-28-31(23)3)14-4-5-15-17(9-14)21(10-25)29-30-24(15)32/h4-9,11-12H,10,25H2,1,3H3,(H,30,32). The summed E-state index contributed by atoms with van der Waals surface area (Å²) in [6.45, 7) is 10.0. The maximum atomic E-state index is 12.2. The molecule has 0 aliphatic rings. The molecule has 8 heteroatoms. The number of aromatic nitrogens is 5. The van der Waals surface area contributed by atoms with Gasteiger partial charge in [-0.15, -0.1) is 0 Å². The van der Waals surface area contributed by atoms with Crippen molar-refractivity contribution in [2.24, 2.45) is 12.8 Å². The number of fused-ring (bicyclic) bond motifs is 2. The predicted molar refractivity (Wildman–Crippen MR) is 124 cm³/mol. The zero-order chi connectivity index (χ0) is 22.4. The Bertz CT molecular complexity index is 1620. The van der Waals surface area contributed by atoms with E-state index >= 15 is 0 Å². The number of nitrogens with one attached hydrogen (secondary N) is 1. The molecule has 0 bridgehead atoms. The lowest BCUT2D eigenvalue weighted by Crippen LogP contribution is -2.13. The molecular weight excluding hydrogens is 402 g/mol. The van der Waals surface area contributed by atoms with Crippen molar-refractivity contribution in [2.45, 2.75) is 13.5 Å². The number of hydrogen-bond acceptors (Lipinski definition) is 5. The van der Waals surface area contributed by atoms with Gasteiger partial charge in [-0.05, 0) is 36.2 Å². The van der Waals surface area contributed by atoms with Gasteiger partial charge in [-0.25, -0.2) is 9.94 Å². The molecule has 0 fully saturated rings. The monoisotopic (exact) mass is 421 g/mol. The number of nitrogens with zero attached hydrogens (tertiary/aromatic N) is 5. The van der Waals surface area contributed by atoms with Crippen LogP contribution in [0.2, 0.25) is 0 Å². The number of rotatable bonds is 3. The third-order valence-corrected chi connectivity index (χ3v) is 5.65. The van der Waals surface area contributed by atoms with Gasteiger partial charge in [-0.3, -0.25) is 14.5 Å². The Hall–Kier alpha value is -4.35. The highest BCUT2D eigenvalue weighted by molar-refractivity contribution is 6.03. The molecule has 5 rings (SSSR count). The molecule has 8 nitrogen and oxygen atoms in total. The van der Waals surface area contributed by atoms with Crippen LogP contribution >= 0.6 is 0 Å². The zero-order valence-corrected chi connectivity index (χ0v) is 17.5. The van der Waals surface area contributed by atoms with E-state index in [0.717, 1.165) is 38.9 Å². The molecule has 3 heterocycles. The van der Waals surface area contributed by atoms with Crippen LogP contribution in [0.25, 0.3) is 48.9 Å². The average Bonchev–Trinajstić information content (AvgIpc) is 3.19. The van der Waals surface area contributed by atoms with Crippen LogP contribution in [-0.2, 0) is 13.6 Å². The van der Waals surface area contributed by atoms with Crippen LogP contribution in [0.15, 0.2) is 53.6 Å². The number of aromatic amines is 1. The van der Waals surface area contributed by atoms with Crippen LogP contribution in [0.1, 0.15) is 11.3 Å². The first kappa shape index (κ1) is 19.6. The molecule has 0 saturated heterocycles. The second-order valence-electron chi connectivity index (χ2n) is 7.65. The normalized spacial score (nSPS) is 11.2. The summed E-state index contributed by atoms with van der Waals surface area (Å²) in [4.78, 5) is 20.5. The van der Waals surface area contributed by atoms with Crippen molar-refractivity contribution in [2.75, 3.05) is 0 Å². The Morgan fingerprint density at radius 1 is 1.09 bits per heavy atom. The molecule has 0 spiro atoms. The molecule has 0 saturated carbocycles. The van der Waals surface area contributed by atoms with E-state index in [4.69, 9.17) is 12.3 Å². The number of benzene rings is 2. The lowest BCUT2D eigenvalue weighted by atomic mass is 9.96. The van der Waals surface area contributed by atoms with Gasteiger partial charge in [0.2, 0.25) is 5.69 Å². The Kier molecular flexibility index (Phi) is 4.54. The van der Waals surface area contributed by atoms with Crippen molar-refractivity contribution in [1.29, 1.82) is 0 Å². The first-order chi connectivity index (χ1) is 15.5. The maximum Gasteiger partial charge on any atom is 0.272 e. The van der Waals surface area contributed by atoms with E-state index in [1.54, 1.807) is 23.1 Å². The van der Waals surface area contributed by atoms with E-state index in [1.807, 2.05) is 44.3 Å². The molecule has 2 aromatic carbocycles. The minimum Gasteiger partial charge on any atom is -0.325 e. The highest BCUT2D eigenvalue weighted by Crippen LogP contribution is 2.41. The Balaban J connectivity index is 1.79. The smallest absolute Gasteiger partial charge is 0.272 e. The molecule has 0 amide bonds. The van der Waals surface area contributed by atoms with E-state index in [1.165, 1.54) is 0 Å². The van der Waals surface area contributed by atoms with E-state index < -0.39 is 0 Å². The largest absolute Gasteiger partial charge is 0.325 e. The molecule has 0 aliphatic carbocycles. The van der Waals surface area contributed by atoms with Crippen molar-refractivity contribution >= 4 is 27.4 Å². The maximum absolute atomic E-state index is 12.2. The van der Waals surface area contributed by atoms with Gasteiger partial charge in [0.15, 0.2) is 0 Å². The summed E-state index contributed by atoms with van der Waals surface area (Å²) in [5.74, 6) is 0. The fourth-order valence-corrected chi connectivity index (χ4v) is 4.11. The molecule has 0 radical (unpaired) electrons. The molecular formula is C24H19N7O. The zero-order valence-electron chi connectivity index (χ0n) is 17.5. The van der Waals surface area contributed by atoms with Gasteiger partial charge < -0.3 is 5.73 Å². The second-order valence-corrected chi connectivity index (χ2v) is 7.65. The summed E-state index contributed by atoms with van der Waals surface area (Å²) in [6, 6.07) is 11.4. The van der Waals surface area contributed by atoms with Gasteiger partial charge in [0.25, 0.3) is 5.56 Å². The predicted octanol–water partition coefficient (Wildman–Crippen LogP) is 3.86. The van der Waals surface area contributed by atoms with Crippen molar-refractivity contribution in [3.63, 3.8) is 0 Å². The first-order valence-corrected chi connectivity index (χ1v) is 10.0. The van der Waals surface area contributed by atoms with Crippen LogP contribution in [0.3, 0.4) is 0 Å². The number of hydrogen-bond donors (Lipinski definition) is 2. The van der Waals surface area contributed by atoms with Gasteiger partial charge in [0, 0.05) is 41.7 Å². The Morgan fingerprint density at radius 2 is 1.94 bits per heavy atom. The van der Waals surface area contributed by atoms with Crippen LogP contribution in [-0.4, -0.2) is 25.0 Å². The highest BCUT2D eigenvalue weighted by atomic mass is 16.1. The van der Waals surface area contributed by atoms with Crippen molar-refractivity contribution < 1.29 is 0 Å². The van der Waals surface area contributed by atoms with Crippen LogP contribution in [0.5, 0.6) is 0 Å². The van der Waals surface area contributed by atoms with Crippen LogP contribution < -0.4 is 11.3 Å². The molecule has 0 aliphatic heterocycles. The number of pyridine rings is 1. The Morgan fingerprint density at radius 3 is 2.72 bits per heavy atom. The summed E-state index contributed by atoms with van der Waals surface area (Å²) < 4.78 is 1.76. The van der Waals surface area contributed by atoms with E-state index in [2.05, 4.69) is 25.1 Å². The molecule has 3 N–H and O–H groups in total. The average molecular weight is 421 g/mol. The third-order valence-electron chi connectivity index (χ3n) is 5.65. The van der Waals surface area contributed by atoms with E-state index in [-0.39, 0.29) is 12.1 Å². The summed E-state index contributed by atoms with van der Waals surface area (Å²) in [7, 11) is 1.85. The molecule has 32 heavy (non-hydrogen) atoms. The molecule has 3 aromatic heterocycles. The van der Waals surface area contributed by atoms with Crippen molar-refractivity contribution in [3.8, 4) is 22.4 Å². The molecule has 5 aromatic rings. The number of H-pyrrole nitrogens is 1. The number of nitrogens with two attached hydrogens (primary N) is 1. The molecule has 156 valence electrons. The fraction of sp³-hybridized carbons (Fsp3) is 0.125. The van der Waals surface area contributed by atoms with E-state index in [9.17, 15) is 4.79 Å². The van der Waals surface area contributed by atoms with E-state index in [0.29, 0.717) is 22.2 Å². The summed E-state index contributed by atoms with van der Waals surface area (Å²) >= 11 is 0. The van der Waals surface area contributed by atoms with Gasteiger partial charge >= 0.3 is 0 Å².